The van der Waals surface area contributed by atoms with E-state index in [1.807, 2.05) is 31.2 Å². The maximum Gasteiger partial charge on any atom is 0.303 e. The second-order valence-electron chi connectivity index (χ2n) is 6.44. The van der Waals surface area contributed by atoms with Crippen molar-refractivity contribution in [3.8, 4) is 11.3 Å². The van der Waals surface area contributed by atoms with Crippen molar-refractivity contribution in [2.45, 2.75) is 13.5 Å². The molecule has 0 aliphatic carbocycles. The fourth-order valence-electron chi connectivity index (χ4n) is 3.26. The molecule has 0 aliphatic heterocycles. The molecule has 5 aromatic rings. The SMILES string of the molecule is Cc1nc(-c2cc(CO)cnc2Nc2cccc3[nH]ncc23)c2[nH]c[nH+]c2n1. The third-order valence-electron chi connectivity index (χ3n) is 4.57. The Balaban J connectivity index is 1.71. The van der Waals surface area contributed by atoms with Crippen LogP contribution < -0.4 is 10.3 Å². The molecule has 0 aliphatic rings. The minimum atomic E-state index is -0.109. The predicted molar refractivity (Wildman–Crippen MR) is 104 cm³/mol. The molecule has 0 atom stereocenters. The second kappa shape index (κ2) is 6.39. The summed E-state index contributed by atoms with van der Waals surface area (Å²) in [6, 6.07) is 7.75. The molecule has 5 N–H and O–H groups in total. The average Bonchev–Trinajstić information content (AvgIpc) is 3.37. The maximum absolute atomic E-state index is 9.61. The molecule has 4 aromatic heterocycles. The molecule has 0 saturated heterocycles. The normalized spacial score (nSPS) is 11.4. The fourth-order valence-corrected chi connectivity index (χ4v) is 3.26. The number of nitrogens with one attached hydrogen (secondary N) is 4. The number of aromatic amines is 3. The van der Waals surface area contributed by atoms with E-state index < -0.39 is 0 Å². The number of aryl methyl sites for hydroxylation is 1. The van der Waals surface area contributed by atoms with E-state index in [1.54, 1.807) is 18.7 Å². The molecule has 4 heterocycles. The minimum Gasteiger partial charge on any atom is -0.392 e. The van der Waals surface area contributed by atoms with Gasteiger partial charge < -0.3 is 10.4 Å². The van der Waals surface area contributed by atoms with E-state index in [1.165, 1.54) is 0 Å². The smallest absolute Gasteiger partial charge is 0.303 e. The topological polar surface area (TPSA) is 130 Å². The number of anilines is 2. The van der Waals surface area contributed by atoms with Gasteiger partial charge in [0.1, 0.15) is 11.5 Å². The predicted octanol–water partition coefficient (Wildman–Crippen LogP) is 2.25. The molecule has 138 valence electrons. The summed E-state index contributed by atoms with van der Waals surface area (Å²) in [7, 11) is 0. The summed E-state index contributed by atoms with van der Waals surface area (Å²) >= 11 is 0. The first-order chi connectivity index (χ1) is 13.7. The van der Waals surface area contributed by atoms with Crippen molar-refractivity contribution in [2.24, 2.45) is 0 Å². The van der Waals surface area contributed by atoms with Crippen LogP contribution >= 0.6 is 0 Å². The highest BCUT2D eigenvalue weighted by Gasteiger charge is 2.20. The van der Waals surface area contributed by atoms with E-state index in [-0.39, 0.29) is 6.61 Å². The van der Waals surface area contributed by atoms with Gasteiger partial charge in [-0.1, -0.05) is 11.1 Å². The van der Waals surface area contributed by atoms with Crippen LogP contribution in [0.3, 0.4) is 0 Å². The average molecular weight is 373 g/mol. The van der Waals surface area contributed by atoms with Crippen LogP contribution in [0.4, 0.5) is 11.5 Å². The van der Waals surface area contributed by atoms with Crippen LogP contribution in [-0.2, 0) is 6.61 Å². The van der Waals surface area contributed by atoms with Gasteiger partial charge in [-0.15, -0.1) is 0 Å². The lowest BCUT2D eigenvalue weighted by Crippen LogP contribution is -2.04. The molecule has 0 saturated carbocycles. The zero-order valence-corrected chi connectivity index (χ0v) is 15.0. The number of aliphatic hydroxyl groups is 1. The Labute approximate surface area is 158 Å². The Hall–Kier alpha value is -3.85. The molecule has 0 fully saturated rings. The lowest BCUT2D eigenvalue weighted by Gasteiger charge is -2.12. The minimum absolute atomic E-state index is 0.109. The van der Waals surface area contributed by atoms with Gasteiger partial charge >= 0.3 is 5.65 Å². The summed E-state index contributed by atoms with van der Waals surface area (Å²) in [6.45, 7) is 1.73. The summed E-state index contributed by atoms with van der Waals surface area (Å²) in [5.74, 6) is 1.26. The van der Waals surface area contributed by atoms with Crippen LogP contribution in [0.15, 0.2) is 43.0 Å². The van der Waals surface area contributed by atoms with Crippen LogP contribution in [0.2, 0.25) is 0 Å². The molecule has 5 rings (SSSR count). The summed E-state index contributed by atoms with van der Waals surface area (Å²) < 4.78 is 0. The van der Waals surface area contributed by atoms with Crippen molar-refractivity contribution in [2.75, 3.05) is 5.32 Å². The van der Waals surface area contributed by atoms with E-state index in [9.17, 15) is 5.11 Å². The molecule has 0 spiro atoms. The van der Waals surface area contributed by atoms with Gasteiger partial charge in [0.2, 0.25) is 5.82 Å². The highest BCUT2D eigenvalue weighted by molar-refractivity contribution is 5.95. The number of hydrogen-bond acceptors (Lipinski definition) is 6. The zero-order valence-electron chi connectivity index (χ0n) is 15.0. The van der Waals surface area contributed by atoms with Gasteiger partial charge in [-0.05, 0) is 23.8 Å². The van der Waals surface area contributed by atoms with Crippen LogP contribution in [0, 0.1) is 6.92 Å². The Morgan fingerprint density at radius 2 is 2.14 bits per heavy atom. The van der Waals surface area contributed by atoms with Crippen LogP contribution in [-0.4, -0.2) is 35.2 Å². The van der Waals surface area contributed by atoms with Crippen molar-refractivity contribution >= 4 is 33.6 Å². The third-order valence-corrected chi connectivity index (χ3v) is 4.57. The number of H-pyrrole nitrogens is 3. The summed E-state index contributed by atoms with van der Waals surface area (Å²) in [4.78, 5) is 19.8. The van der Waals surface area contributed by atoms with E-state index in [0.717, 1.165) is 27.7 Å². The first-order valence-corrected chi connectivity index (χ1v) is 8.75. The van der Waals surface area contributed by atoms with Gasteiger partial charge in [-0.2, -0.15) is 5.10 Å². The van der Waals surface area contributed by atoms with Crippen molar-refractivity contribution in [1.29, 1.82) is 0 Å². The molecule has 28 heavy (non-hydrogen) atoms. The number of aromatic nitrogens is 7. The van der Waals surface area contributed by atoms with Crippen molar-refractivity contribution < 1.29 is 10.1 Å². The maximum atomic E-state index is 9.61. The molecule has 0 amide bonds. The number of rotatable bonds is 4. The van der Waals surface area contributed by atoms with Gasteiger partial charge in [-0.25, -0.2) is 15.0 Å². The molecule has 0 unspecified atom stereocenters. The number of imidazole rings is 1. The molecule has 0 radical (unpaired) electrons. The molecule has 0 bridgehead atoms. The number of fused-ring (bicyclic) bond motifs is 2. The summed E-state index contributed by atoms with van der Waals surface area (Å²) in [5.41, 5.74) is 5.44. The van der Waals surface area contributed by atoms with Crippen molar-refractivity contribution in [3.05, 3.63) is 54.4 Å². The highest BCUT2D eigenvalue weighted by atomic mass is 16.3. The number of pyridine rings is 1. The van der Waals surface area contributed by atoms with Gasteiger partial charge in [-0.3, -0.25) is 10.1 Å². The fraction of sp³-hybridized carbons (Fsp3) is 0.105. The molecule has 1 aromatic carbocycles. The van der Waals surface area contributed by atoms with Crippen molar-refractivity contribution in [1.82, 2.24) is 30.1 Å². The Bertz CT molecular complexity index is 1310. The Morgan fingerprint density at radius 1 is 1.21 bits per heavy atom. The summed E-state index contributed by atoms with van der Waals surface area (Å²) in [5, 5.41) is 21.0. The first kappa shape index (κ1) is 16.3. The van der Waals surface area contributed by atoms with E-state index in [2.05, 4.69) is 40.4 Å². The first-order valence-electron chi connectivity index (χ1n) is 8.75. The lowest BCUT2D eigenvalue weighted by molar-refractivity contribution is -0.347. The van der Waals surface area contributed by atoms with Crippen LogP contribution in [0.1, 0.15) is 11.4 Å². The van der Waals surface area contributed by atoms with Gasteiger partial charge in [0.25, 0.3) is 0 Å². The highest BCUT2D eigenvalue weighted by Crippen LogP contribution is 2.33. The molecular weight excluding hydrogens is 356 g/mol. The van der Waals surface area contributed by atoms with Crippen molar-refractivity contribution in [3.63, 3.8) is 0 Å². The molecule has 9 heteroatoms. The lowest BCUT2D eigenvalue weighted by atomic mass is 10.1. The standard InChI is InChI=1S/C19H16N8O/c1-10-24-16(17-19(25-10)22-9-21-17)12-5-11(8-28)6-20-18(12)26-14-3-2-4-15-13(14)7-23-27-15/h2-7,9,28H,8H2,1H3,(H,20,26)(H,23,27)(H,21,22,24,25)/p+1. The van der Waals surface area contributed by atoms with Crippen LogP contribution in [0.25, 0.3) is 33.3 Å². The molecule has 9 nitrogen and oxygen atoms in total. The number of aliphatic hydroxyl groups excluding tert-OH is 1. The van der Waals surface area contributed by atoms with E-state index in [0.29, 0.717) is 28.5 Å². The van der Waals surface area contributed by atoms with E-state index in [4.69, 9.17) is 0 Å². The Morgan fingerprint density at radius 3 is 3.04 bits per heavy atom. The van der Waals surface area contributed by atoms with Gasteiger partial charge in [0.15, 0.2) is 11.8 Å². The number of nitrogens with zero attached hydrogens (tertiary/aromatic N) is 4. The zero-order chi connectivity index (χ0) is 19.1. The Kier molecular flexibility index (Phi) is 3.73. The molecular formula is C19H17N8O+. The third kappa shape index (κ3) is 2.65. The quantitative estimate of drug-likeness (QED) is 0.382. The monoisotopic (exact) mass is 373 g/mol. The number of benzene rings is 1. The largest absolute Gasteiger partial charge is 0.392 e. The second-order valence-corrected chi connectivity index (χ2v) is 6.44. The van der Waals surface area contributed by atoms with Gasteiger partial charge in [0, 0.05) is 24.1 Å². The number of hydrogen-bond donors (Lipinski definition) is 4. The summed E-state index contributed by atoms with van der Waals surface area (Å²) in [6.07, 6.45) is 5.13. The van der Waals surface area contributed by atoms with Crippen LogP contribution in [0.5, 0.6) is 0 Å². The van der Waals surface area contributed by atoms with Gasteiger partial charge in [0.05, 0.1) is 24.0 Å². The van der Waals surface area contributed by atoms with E-state index >= 15 is 0 Å².